The molecular formula is C14H16F2N2O2. The smallest absolute Gasteiger partial charge is 0.217 e. The van der Waals surface area contributed by atoms with Gasteiger partial charge in [0.1, 0.15) is 0 Å². The Labute approximate surface area is 114 Å². The van der Waals surface area contributed by atoms with Crippen LogP contribution in [0.4, 0.5) is 8.78 Å². The molecule has 1 heterocycles. The minimum atomic E-state index is -1.02. The van der Waals surface area contributed by atoms with Crippen molar-refractivity contribution in [3.63, 3.8) is 0 Å². The SMILES string of the molecule is COc1cc2c(C(C)CCC(N)=O)c[nH]c2c(F)c1F. The van der Waals surface area contributed by atoms with Crippen molar-refractivity contribution >= 4 is 16.8 Å². The Kier molecular flexibility index (Phi) is 3.92. The maximum atomic E-state index is 13.9. The average Bonchev–Trinajstić information content (AvgIpc) is 2.83. The monoisotopic (exact) mass is 282 g/mol. The third-order valence-corrected chi connectivity index (χ3v) is 3.43. The molecule has 0 aliphatic carbocycles. The van der Waals surface area contributed by atoms with Gasteiger partial charge >= 0.3 is 0 Å². The average molecular weight is 282 g/mol. The van der Waals surface area contributed by atoms with Gasteiger partial charge in [0, 0.05) is 18.0 Å². The summed E-state index contributed by atoms with van der Waals surface area (Å²) in [4.78, 5) is 13.6. The number of carbonyl (C=O) groups excluding carboxylic acids is 1. The Balaban J connectivity index is 2.45. The van der Waals surface area contributed by atoms with Crippen LogP contribution in [0.2, 0.25) is 0 Å². The van der Waals surface area contributed by atoms with E-state index in [0.29, 0.717) is 11.8 Å². The topological polar surface area (TPSA) is 68.1 Å². The summed E-state index contributed by atoms with van der Waals surface area (Å²) in [6, 6.07) is 1.46. The van der Waals surface area contributed by atoms with Crippen LogP contribution in [-0.4, -0.2) is 18.0 Å². The number of nitrogens with two attached hydrogens (primary N) is 1. The lowest BCUT2D eigenvalue weighted by molar-refractivity contribution is -0.118. The number of rotatable bonds is 5. The predicted molar refractivity (Wildman–Crippen MR) is 71.6 cm³/mol. The van der Waals surface area contributed by atoms with Crippen molar-refractivity contribution in [1.29, 1.82) is 0 Å². The zero-order valence-electron chi connectivity index (χ0n) is 11.3. The Hall–Kier alpha value is -2.11. The zero-order chi connectivity index (χ0) is 14.9. The fourth-order valence-corrected chi connectivity index (χ4v) is 2.27. The van der Waals surface area contributed by atoms with Gasteiger partial charge in [-0.05, 0) is 24.0 Å². The molecule has 1 aromatic heterocycles. The first-order chi connectivity index (χ1) is 9.45. The highest BCUT2D eigenvalue weighted by molar-refractivity contribution is 5.86. The van der Waals surface area contributed by atoms with Crippen LogP contribution in [0.15, 0.2) is 12.3 Å². The van der Waals surface area contributed by atoms with Gasteiger partial charge in [-0.2, -0.15) is 4.39 Å². The molecule has 1 aromatic carbocycles. The Bertz CT molecular complexity index is 652. The highest BCUT2D eigenvalue weighted by Crippen LogP contribution is 2.34. The summed E-state index contributed by atoms with van der Waals surface area (Å²) in [7, 11) is 1.28. The molecule has 0 aliphatic rings. The number of primary amides is 1. The van der Waals surface area contributed by atoms with E-state index in [4.69, 9.17) is 10.5 Å². The van der Waals surface area contributed by atoms with Crippen molar-refractivity contribution in [3.05, 3.63) is 29.5 Å². The van der Waals surface area contributed by atoms with Crippen molar-refractivity contribution in [2.24, 2.45) is 5.73 Å². The van der Waals surface area contributed by atoms with E-state index in [9.17, 15) is 13.6 Å². The highest BCUT2D eigenvalue weighted by atomic mass is 19.2. The minimum Gasteiger partial charge on any atom is -0.494 e. The van der Waals surface area contributed by atoms with E-state index in [0.717, 1.165) is 5.56 Å². The lowest BCUT2D eigenvalue weighted by atomic mass is 9.95. The minimum absolute atomic E-state index is 0.00850. The molecule has 1 amide bonds. The van der Waals surface area contributed by atoms with Crippen molar-refractivity contribution < 1.29 is 18.3 Å². The maximum Gasteiger partial charge on any atom is 0.217 e. The molecule has 108 valence electrons. The van der Waals surface area contributed by atoms with Gasteiger partial charge in [-0.15, -0.1) is 0 Å². The van der Waals surface area contributed by atoms with Crippen LogP contribution in [-0.2, 0) is 4.79 Å². The first kappa shape index (κ1) is 14.3. The van der Waals surface area contributed by atoms with Gasteiger partial charge in [-0.1, -0.05) is 6.92 Å². The van der Waals surface area contributed by atoms with E-state index in [-0.39, 0.29) is 29.5 Å². The lowest BCUT2D eigenvalue weighted by Crippen LogP contribution is -2.11. The fraction of sp³-hybridized carbons (Fsp3) is 0.357. The molecule has 1 unspecified atom stereocenters. The van der Waals surface area contributed by atoms with Crippen molar-refractivity contribution in [2.45, 2.75) is 25.7 Å². The lowest BCUT2D eigenvalue weighted by Gasteiger charge is -2.10. The number of amides is 1. The summed E-state index contributed by atoms with van der Waals surface area (Å²) in [6.45, 7) is 1.90. The quantitative estimate of drug-likeness (QED) is 0.885. The normalized spacial score (nSPS) is 12.6. The number of ether oxygens (including phenoxy) is 1. The van der Waals surface area contributed by atoms with Gasteiger partial charge in [-0.3, -0.25) is 4.79 Å². The molecule has 4 nitrogen and oxygen atoms in total. The molecule has 0 spiro atoms. The van der Waals surface area contributed by atoms with Crippen molar-refractivity contribution in [1.82, 2.24) is 4.98 Å². The van der Waals surface area contributed by atoms with E-state index in [1.54, 1.807) is 6.20 Å². The van der Waals surface area contributed by atoms with Gasteiger partial charge < -0.3 is 15.5 Å². The molecule has 0 bridgehead atoms. The molecule has 0 saturated carbocycles. The Morgan fingerprint density at radius 3 is 2.75 bits per heavy atom. The third kappa shape index (κ3) is 2.45. The summed E-state index contributed by atoms with van der Waals surface area (Å²) >= 11 is 0. The predicted octanol–water partition coefficient (Wildman–Crippen LogP) is 2.82. The number of H-pyrrole nitrogens is 1. The van der Waals surface area contributed by atoms with E-state index in [1.807, 2.05) is 6.92 Å². The van der Waals surface area contributed by atoms with Gasteiger partial charge in [-0.25, -0.2) is 4.39 Å². The number of aromatic nitrogens is 1. The Morgan fingerprint density at radius 1 is 1.45 bits per heavy atom. The molecule has 20 heavy (non-hydrogen) atoms. The number of hydrogen-bond donors (Lipinski definition) is 2. The number of halogens is 2. The van der Waals surface area contributed by atoms with Crippen LogP contribution in [0.3, 0.4) is 0 Å². The van der Waals surface area contributed by atoms with Gasteiger partial charge in [0.15, 0.2) is 11.6 Å². The van der Waals surface area contributed by atoms with E-state index in [1.165, 1.54) is 13.2 Å². The van der Waals surface area contributed by atoms with Crippen LogP contribution in [0.5, 0.6) is 5.75 Å². The fourth-order valence-electron chi connectivity index (χ4n) is 2.27. The number of fused-ring (bicyclic) bond motifs is 1. The summed E-state index contributed by atoms with van der Waals surface area (Å²) in [5.74, 6) is -2.51. The molecule has 0 aliphatic heterocycles. The second kappa shape index (κ2) is 5.48. The molecule has 6 heteroatoms. The largest absolute Gasteiger partial charge is 0.494 e. The van der Waals surface area contributed by atoms with Crippen LogP contribution < -0.4 is 10.5 Å². The molecule has 1 atom stereocenters. The standard InChI is InChI=1S/C14H16F2N2O2/c1-7(3-4-11(17)19)9-6-18-14-8(9)5-10(20-2)12(15)13(14)16/h5-7,18H,3-4H2,1-2H3,(H2,17,19). The van der Waals surface area contributed by atoms with E-state index in [2.05, 4.69) is 4.98 Å². The maximum absolute atomic E-state index is 13.9. The van der Waals surface area contributed by atoms with Crippen LogP contribution in [0.25, 0.3) is 10.9 Å². The summed E-state index contributed by atoms with van der Waals surface area (Å²) < 4.78 is 32.3. The van der Waals surface area contributed by atoms with Gasteiger partial charge in [0.25, 0.3) is 0 Å². The Morgan fingerprint density at radius 2 is 2.15 bits per heavy atom. The number of aromatic amines is 1. The number of methoxy groups -OCH3 is 1. The van der Waals surface area contributed by atoms with Gasteiger partial charge in [0.05, 0.1) is 12.6 Å². The molecule has 2 aromatic rings. The van der Waals surface area contributed by atoms with E-state index >= 15 is 0 Å². The second-order valence-electron chi connectivity index (χ2n) is 4.78. The number of nitrogens with one attached hydrogen (secondary N) is 1. The number of carbonyl (C=O) groups is 1. The first-order valence-corrected chi connectivity index (χ1v) is 6.27. The summed E-state index contributed by atoms with van der Waals surface area (Å²) in [5, 5.41) is 0.553. The first-order valence-electron chi connectivity index (χ1n) is 6.27. The number of benzene rings is 1. The van der Waals surface area contributed by atoms with Crippen molar-refractivity contribution in [3.8, 4) is 5.75 Å². The molecule has 3 N–H and O–H groups in total. The zero-order valence-corrected chi connectivity index (χ0v) is 11.3. The van der Waals surface area contributed by atoms with Crippen LogP contribution in [0, 0.1) is 11.6 Å². The number of hydrogen-bond acceptors (Lipinski definition) is 2. The van der Waals surface area contributed by atoms with Crippen LogP contribution in [0.1, 0.15) is 31.2 Å². The molecule has 0 fully saturated rings. The molecular weight excluding hydrogens is 266 g/mol. The summed E-state index contributed by atoms with van der Waals surface area (Å²) in [5.41, 5.74) is 6.03. The van der Waals surface area contributed by atoms with Gasteiger partial charge in [0.2, 0.25) is 11.7 Å². The molecule has 0 radical (unpaired) electrons. The van der Waals surface area contributed by atoms with E-state index < -0.39 is 11.6 Å². The van der Waals surface area contributed by atoms with Crippen LogP contribution >= 0.6 is 0 Å². The highest BCUT2D eigenvalue weighted by Gasteiger charge is 2.20. The molecule has 2 rings (SSSR count). The molecule has 0 saturated heterocycles. The third-order valence-electron chi connectivity index (χ3n) is 3.43. The van der Waals surface area contributed by atoms with Crippen molar-refractivity contribution in [2.75, 3.05) is 7.11 Å². The second-order valence-corrected chi connectivity index (χ2v) is 4.78. The summed E-state index contributed by atoms with van der Waals surface area (Å²) in [6.07, 6.45) is 2.41.